The number of carbonyl (C=O) groups excluding carboxylic acids is 1. The number of hydrogen-bond acceptors (Lipinski definition) is 6. The van der Waals surface area contributed by atoms with Crippen molar-refractivity contribution in [2.75, 3.05) is 6.61 Å². The van der Waals surface area contributed by atoms with E-state index in [0.29, 0.717) is 0 Å². The molecule has 0 aromatic rings. The summed E-state index contributed by atoms with van der Waals surface area (Å²) in [6.45, 7) is -0.745. The molecule has 0 fully saturated rings. The van der Waals surface area contributed by atoms with E-state index in [9.17, 15) is 4.79 Å². The third-order valence-corrected chi connectivity index (χ3v) is 1.61. The highest BCUT2D eigenvalue weighted by atomic mass is 16.4. The molecular weight excluding hydrogens is 178 g/mol. The van der Waals surface area contributed by atoms with Gasteiger partial charge in [0.15, 0.2) is 0 Å². The maximum absolute atomic E-state index is 10.1. The average Bonchev–Trinajstić information content (AvgIpc) is 2.17. The fourth-order valence-corrected chi connectivity index (χ4v) is 0.787. The van der Waals surface area contributed by atoms with Gasteiger partial charge in [0.05, 0.1) is 12.7 Å². The molecule has 0 aromatic heterocycles. The molecule has 0 bridgehead atoms. The van der Waals surface area contributed by atoms with Gasteiger partial charge in [-0.05, 0) is 0 Å². The number of aliphatic hydroxyl groups excluding tert-OH is 4. The molecule has 0 heterocycles. The number of rotatable bonds is 5. The Bertz CT molecular complexity index is 202. The van der Waals surface area contributed by atoms with Crippen molar-refractivity contribution in [2.24, 2.45) is 5.92 Å². The van der Waals surface area contributed by atoms with Gasteiger partial charge in [-0.2, -0.15) is 5.26 Å². The molecule has 0 spiro atoms. The molecule has 0 rings (SSSR count). The van der Waals surface area contributed by atoms with Gasteiger partial charge >= 0.3 is 0 Å². The highest BCUT2D eigenvalue weighted by molar-refractivity contribution is 5.57. The third-order valence-electron chi connectivity index (χ3n) is 1.61. The van der Waals surface area contributed by atoms with Gasteiger partial charge in [-0.25, -0.2) is 0 Å². The minimum absolute atomic E-state index is 0.0845. The lowest BCUT2D eigenvalue weighted by Gasteiger charge is -2.21. The van der Waals surface area contributed by atoms with Gasteiger partial charge in [0.25, 0.3) is 0 Å². The number of aliphatic hydroxyl groups is 4. The SMILES string of the molecule is N#C[C@@H]([C@H](O)[C@H](O)CO)[C@@H](O)C=O. The number of hydrogen-bond donors (Lipinski definition) is 4. The molecule has 0 aromatic carbocycles. The van der Waals surface area contributed by atoms with Crippen molar-refractivity contribution in [1.29, 1.82) is 5.26 Å². The monoisotopic (exact) mass is 189 g/mol. The van der Waals surface area contributed by atoms with E-state index in [1.54, 1.807) is 0 Å². The van der Waals surface area contributed by atoms with Crippen LogP contribution in [-0.2, 0) is 4.79 Å². The number of nitrogens with zero attached hydrogens (tertiary/aromatic N) is 1. The third kappa shape index (κ3) is 3.08. The van der Waals surface area contributed by atoms with E-state index in [-0.39, 0.29) is 6.29 Å². The Labute approximate surface area is 74.7 Å². The van der Waals surface area contributed by atoms with E-state index < -0.39 is 30.8 Å². The van der Waals surface area contributed by atoms with Crippen LogP contribution in [0.4, 0.5) is 0 Å². The van der Waals surface area contributed by atoms with Crippen LogP contribution in [0.3, 0.4) is 0 Å². The van der Waals surface area contributed by atoms with Gasteiger partial charge in [-0.15, -0.1) is 0 Å². The predicted molar refractivity (Wildman–Crippen MR) is 40.3 cm³/mol. The molecular formula is C7H11NO5. The summed E-state index contributed by atoms with van der Waals surface area (Å²) in [5.41, 5.74) is 0. The van der Waals surface area contributed by atoms with Gasteiger partial charge in [-0.3, -0.25) is 0 Å². The van der Waals surface area contributed by atoms with E-state index >= 15 is 0 Å². The van der Waals surface area contributed by atoms with Crippen LogP contribution >= 0.6 is 0 Å². The Hall–Kier alpha value is -1.00. The molecule has 0 saturated carbocycles. The maximum Gasteiger partial charge on any atom is 0.149 e. The van der Waals surface area contributed by atoms with Crippen LogP contribution in [0.5, 0.6) is 0 Å². The second-order valence-corrected chi connectivity index (χ2v) is 2.52. The van der Waals surface area contributed by atoms with Crippen molar-refractivity contribution in [3.05, 3.63) is 0 Å². The second-order valence-electron chi connectivity index (χ2n) is 2.52. The fraction of sp³-hybridized carbons (Fsp3) is 0.714. The van der Waals surface area contributed by atoms with Gasteiger partial charge in [-0.1, -0.05) is 0 Å². The standard InChI is InChI=1S/C7H11NO5/c8-1-4(5(11)2-9)7(13)6(12)3-10/h2,4-7,10-13H,3H2/t4-,5+,6-,7+/m1/s1. The van der Waals surface area contributed by atoms with Crippen molar-refractivity contribution in [3.8, 4) is 6.07 Å². The number of nitriles is 1. The number of aldehydes is 1. The lowest BCUT2D eigenvalue weighted by molar-refractivity contribution is -0.121. The topological polar surface area (TPSA) is 122 Å². The van der Waals surface area contributed by atoms with Crippen LogP contribution in [0.1, 0.15) is 0 Å². The van der Waals surface area contributed by atoms with E-state index in [1.807, 2.05) is 0 Å². The van der Waals surface area contributed by atoms with Crippen LogP contribution in [0.2, 0.25) is 0 Å². The molecule has 4 atom stereocenters. The summed E-state index contributed by atoms with van der Waals surface area (Å²) in [6, 6.07) is 1.47. The summed E-state index contributed by atoms with van der Waals surface area (Å²) in [7, 11) is 0. The van der Waals surface area contributed by atoms with Crippen molar-refractivity contribution in [3.63, 3.8) is 0 Å². The molecule has 0 unspecified atom stereocenters. The fourth-order valence-electron chi connectivity index (χ4n) is 0.787. The van der Waals surface area contributed by atoms with Crippen LogP contribution in [0.25, 0.3) is 0 Å². The molecule has 0 amide bonds. The molecule has 0 radical (unpaired) electrons. The van der Waals surface area contributed by atoms with Crippen LogP contribution in [-0.4, -0.2) is 51.6 Å². The van der Waals surface area contributed by atoms with Crippen LogP contribution in [0, 0.1) is 17.2 Å². The zero-order chi connectivity index (χ0) is 10.4. The molecule has 6 heteroatoms. The zero-order valence-electron chi connectivity index (χ0n) is 6.74. The Balaban J connectivity index is 4.41. The summed E-state index contributed by atoms with van der Waals surface area (Å²) in [5.74, 6) is -1.43. The second kappa shape index (κ2) is 5.61. The minimum atomic E-state index is -1.67. The van der Waals surface area contributed by atoms with E-state index in [1.165, 1.54) is 6.07 Å². The van der Waals surface area contributed by atoms with Gasteiger partial charge < -0.3 is 25.2 Å². The summed E-state index contributed by atoms with van der Waals surface area (Å²) in [6.07, 6.45) is -4.77. The van der Waals surface area contributed by atoms with Crippen molar-refractivity contribution < 1.29 is 25.2 Å². The Morgan fingerprint density at radius 2 is 1.92 bits per heavy atom. The first-order valence-corrected chi connectivity index (χ1v) is 3.58. The van der Waals surface area contributed by atoms with Crippen molar-refractivity contribution in [1.82, 2.24) is 0 Å². The van der Waals surface area contributed by atoms with Crippen molar-refractivity contribution in [2.45, 2.75) is 18.3 Å². The molecule has 0 saturated heterocycles. The predicted octanol–water partition coefficient (Wildman–Crippen LogP) is -2.60. The smallest absolute Gasteiger partial charge is 0.149 e. The molecule has 6 nitrogen and oxygen atoms in total. The zero-order valence-corrected chi connectivity index (χ0v) is 6.74. The Morgan fingerprint density at radius 3 is 2.23 bits per heavy atom. The quantitative estimate of drug-likeness (QED) is 0.352. The molecule has 0 aliphatic rings. The molecule has 0 aliphatic carbocycles. The largest absolute Gasteiger partial charge is 0.394 e. The summed E-state index contributed by atoms with van der Waals surface area (Å²) >= 11 is 0. The van der Waals surface area contributed by atoms with Crippen molar-refractivity contribution >= 4 is 6.29 Å². The molecule has 0 aliphatic heterocycles. The highest BCUT2D eigenvalue weighted by Crippen LogP contribution is 2.10. The van der Waals surface area contributed by atoms with Gasteiger partial charge in [0.1, 0.15) is 30.5 Å². The highest BCUT2D eigenvalue weighted by Gasteiger charge is 2.31. The molecule has 4 N–H and O–H groups in total. The first kappa shape index (κ1) is 12.0. The molecule has 74 valence electrons. The Kier molecular flexibility index (Phi) is 5.18. The normalized spacial score (nSPS) is 19.6. The first-order chi connectivity index (χ1) is 6.08. The van der Waals surface area contributed by atoms with E-state index in [4.69, 9.17) is 25.7 Å². The number of carbonyl (C=O) groups is 1. The summed E-state index contributed by atoms with van der Waals surface area (Å²) < 4.78 is 0. The summed E-state index contributed by atoms with van der Waals surface area (Å²) in [5, 5.41) is 43.7. The lowest BCUT2D eigenvalue weighted by atomic mass is 9.94. The van der Waals surface area contributed by atoms with E-state index in [2.05, 4.69) is 0 Å². The van der Waals surface area contributed by atoms with Crippen LogP contribution in [0.15, 0.2) is 0 Å². The molecule has 13 heavy (non-hydrogen) atoms. The first-order valence-electron chi connectivity index (χ1n) is 3.58. The van der Waals surface area contributed by atoms with Crippen LogP contribution < -0.4 is 0 Å². The minimum Gasteiger partial charge on any atom is -0.394 e. The summed E-state index contributed by atoms with van der Waals surface area (Å²) in [4.78, 5) is 10.1. The average molecular weight is 189 g/mol. The lowest BCUT2D eigenvalue weighted by Crippen LogP contribution is -2.41. The Morgan fingerprint density at radius 1 is 1.38 bits per heavy atom. The van der Waals surface area contributed by atoms with E-state index in [0.717, 1.165) is 0 Å². The van der Waals surface area contributed by atoms with Gasteiger partial charge in [0.2, 0.25) is 0 Å². The van der Waals surface area contributed by atoms with Gasteiger partial charge in [0, 0.05) is 0 Å². The maximum atomic E-state index is 10.1.